The fraction of sp³-hybridized carbons (Fsp3) is 0.467. The number of carbonyl (C=O) groups is 2. The summed E-state index contributed by atoms with van der Waals surface area (Å²) in [6.07, 6.45) is 0. The van der Waals surface area contributed by atoms with Gasteiger partial charge in [-0.15, -0.1) is 0 Å². The van der Waals surface area contributed by atoms with Crippen molar-refractivity contribution >= 4 is 17.6 Å². The van der Waals surface area contributed by atoms with Gasteiger partial charge in [-0.05, 0) is 38.5 Å². The summed E-state index contributed by atoms with van der Waals surface area (Å²) in [5.41, 5.74) is 7.44. The number of anilines is 1. The summed E-state index contributed by atoms with van der Waals surface area (Å²) in [7, 11) is 0. The molecule has 0 fully saturated rings. The zero-order valence-corrected chi connectivity index (χ0v) is 12.8. The lowest BCUT2D eigenvalue weighted by Gasteiger charge is -2.21. The van der Waals surface area contributed by atoms with E-state index in [9.17, 15) is 9.59 Å². The average Bonchev–Trinajstić information content (AvgIpc) is 2.45. The number of nitrogens with one attached hydrogen (secondary N) is 2. The number of hydrogen-bond donors (Lipinski definition) is 3. The molecule has 6 nitrogen and oxygen atoms in total. The Labute approximate surface area is 125 Å². The Balaban J connectivity index is 2.69. The Morgan fingerprint density at radius 3 is 2.62 bits per heavy atom. The summed E-state index contributed by atoms with van der Waals surface area (Å²) in [5.74, 6) is -0.168. The molecule has 0 bridgehead atoms. The fourth-order valence-corrected chi connectivity index (χ4v) is 1.86. The van der Waals surface area contributed by atoms with Crippen LogP contribution in [-0.4, -0.2) is 36.5 Å². The first-order valence-corrected chi connectivity index (χ1v) is 7.16. The molecular weight excluding hydrogens is 268 g/mol. The van der Waals surface area contributed by atoms with E-state index in [1.165, 1.54) is 4.90 Å². The number of rotatable bonds is 6. The van der Waals surface area contributed by atoms with Crippen LogP contribution in [0.15, 0.2) is 24.3 Å². The topological polar surface area (TPSA) is 87.5 Å². The van der Waals surface area contributed by atoms with Crippen molar-refractivity contribution in [2.24, 2.45) is 5.73 Å². The molecule has 1 unspecified atom stereocenters. The average molecular weight is 292 g/mol. The maximum absolute atomic E-state index is 12.2. The molecule has 4 N–H and O–H groups in total. The van der Waals surface area contributed by atoms with Crippen molar-refractivity contribution in [3.8, 4) is 0 Å². The molecule has 0 aliphatic rings. The van der Waals surface area contributed by atoms with Crippen LogP contribution in [0.4, 0.5) is 10.5 Å². The third kappa shape index (κ3) is 5.43. The maximum Gasteiger partial charge on any atom is 0.322 e. The van der Waals surface area contributed by atoms with Gasteiger partial charge in [0.15, 0.2) is 0 Å². The van der Waals surface area contributed by atoms with E-state index in [0.717, 1.165) is 5.56 Å². The van der Waals surface area contributed by atoms with Crippen LogP contribution in [0.1, 0.15) is 32.4 Å². The van der Waals surface area contributed by atoms with Gasteiger partial charge in [-0.3, -0.25) is 4.79 Å². The zero-order chi connectivity index (χ0) is 15.8. The highest BCUT2D eigenvalue weighted by atomic mass is 16.2. The summed E-state index contributed by atoms with van der Waals surface area (Å²) in [5, 5.41) is 5.46. The van der Waals surface area contributed by atoms with Crippen LogP contribution >= 0.6 is 0 Å². The highest BCUT2D eigenvalue weighted by molar-refractivity contribution is 5.92. The summed E-state index contributed by atoms with van der Waals surface area (Å²) in [4.78, 5) is 25.2. The lowest BCUT2D eigenvalue weighted by atomic mass is 10.1. The molecule has 0 spiro atoms. The number of carbonyl (C=O) groups excluding carboxylic acids is 2. The SMILES string of the molecule is CCNC(=O)CN(CC)C(=O)Nc1cccc(C(C)N)c1. The number of likely N-dealkylation sites (N-methyl/N-ethyl adjacent to an activating group) is 2. The van der Waals surface area contributed by atoms with Gasteiger partial charge in [0.05, 0.1) is 0 Å². The second kappa shape index (κ2) is 8.26. The molecule has 0 aromatic heterocycles. The van der Waals surface area contributed by atoms with E-state index in [-0.39, 0.29) is 24.5 Å². The third-order valence-electron chi connectivity index (χ3n) is 3.04. The molecule has 21 heavy (non-hydrogen) atoms. The lowest BCUT2D eigenvalue weighted by Crippen LogP contribution is -2.42. The minimum absolute atomic E-state index is 0.0448. The van der Waals surface area contributed by atoms with Gasteiger partial charge >= 0.3 is 6.03 Å². The Hall–Kier alpha value is -2.08. The van der Waals surface area contributed by atoms with Gasteiger partial charge in [0.2, 0.25) is 5.91 Å². The van der Waals surface area contributed by atoms with Crippen LogP contribution in [0.2, 0.25) is 0 Å². The largest absolute Gasteiger partial charge is 0.355 e. The fourth-order valence-electron chi connectivity index (χ4n) is 1.86. The van der Waals surface area contributed by atoms with Crippen LogP contribution in [0, 0.1) is 0 Å². The number of nitrogens with two attached hydrogens (primary N) is 1. The predicted molar refractivity (Wildman–Crippen MR) is 84.0 cm³/mol. The Morgan fingerprint density at radius 1 is 1.33 bits per heavy atom. The summed E-state index contributed by atoms with van der Waals surface area (Å²) in [6.45, 7) is 6.60. The minimum Gasteiger partial charge on any atom is -0.355 e. The number of benzene rings is 1. The summed E-state index contributed by atoms with van der Waals surface area (Å²) in [6, 6.07) is 6.98. The van der Waals surface area contributed by atoms with Gasteiger partial charge in [-0.2, -0.15) is 0 Å². The molecule has 116 valence electrons. The van der Waals surface area contributed by atoms with Crippen molar-refractivity contribution in [3.63, 3.8) is 0 Å². The van der Waals surface area contributed by atoms with Crippen LogP contribution in [0.5, 0.6) is 0 Å². The van der Waals surface area contributed by atoms with Crippen molar-refractivity contribution in [3.05, 3.63) is 29.8 Å². The Kier molecular flexibility index (Phi) is 6.68. The molecular formula is C15H24N4O2. The monoisotopic (exact) mass is 292 g/mol. The normalized spacial score (nSPS) is 11.6. The molecule has 0 heterocycles. The van der Waals surface area contributed by atoms with Crippen LogP contribution in [-0.2, 0) is 4.79 Å². The smallest absolute Gasteiger partial charge is 0.322 e. The maximum atomic E-state index is 12.2. The molecule has 1 aromatic carbocycles. The van der Waals surface area contributed by atoms with E-state index in [1.54, 1.807) is 6.07 Å². The Morgan fingerprint density at radius 2 is 2.05 bits per heavy atom. The lowest BCUT2D eigenvalue weighted by molar-refractivity contribution is -0.121. The van der Waals surface area contributed by atoms with E-state index in [4.69, 9.17) is 5.73 Å². The number of urea groups is 1. The van der Waals surface area contributed by atoms with E-state index in [0.29, 0.717) is 18.8 Å². The molecule has 6 heteroatoms. The summed E-state index contributed by atoms with van der Waals surface area (Å²) < 4.78 is 0. The van der Waals surface area contributed by atoms with Gasteiger partial charge in [-0.1, -0.05) is 12.1 Å². The first-order chi connectivity index (χ1) is 9.97. The van der Waals surface area contributed by atoms with Gasteiger partial charge < -0.3 is 21.3 Å². The molecule has 0 saturated carbocycles. The Bertz CT molecular complexity index is 488. The molecule has 0 saturated heterocycles. The highest BCUT2D eigenvalue weighted by Crippen LogP contribution is 2.15. The first-order valence-electron chi connectivity index (χ1n) is 7.16. The van der Waals surface area contributed by atoms with Crippen molar-refractivity contribution in [1.29, 1.82) is 0 Å². The van der Waals surface area contributed by atoms with Gasteiger partial charge in [-0.25, -0.2) is 4.79 Å². The molecule has 0 aliphatic heterocycles. The van der Waals surface area contributed by atoms with Crippen LogP contribution < -0.4 is 16.4 Å². The second-order valence-electron chi connectivity index (χ2n) is 4.81. The number of hydrogen-bond acceptors (Lipinski definition) is 3. The minimum atomic E-state index is -0.300. The first kappa shape index (κ1) is 17.0. The van der Waals surface area contributed by atoms with Crippen molar-refractivity contribution in [2.45, 2.75) is 26.8 Å². The second-order valence-corrected chi connectivity index (χ2v) is 4.81. The zero-order valence-electron chi connectivity index (χ0n) is 12.8. The van der Waals surface area contributed by atoms with E-state index < -0.39 is 0 Å². The molecule has 1 atom stereocenters. The van der Waals surface area contributed by atoms with Gasteiger partial charge in [0.1, 0.15) is 6.54 Å². The van der Waals surface area contributed by atoms with Crippen molar-refractivity contribution in [1.82, 2.24) is 10.2 Å². The molecule has 0 radical (unpaired) electrons. The van der Waals surface area contributed by atoms with E-state index in [2.05, 4.69) is 10.6 Å². The van der Waals surface area contributed by atoms with Crippen LogP contribution in [0.3, 0.4) is 0 Å². The highest BCUT2D eigenvalue weighted by Gasteiger charge is 2.15. The molecule has 0 aliphatic carbocycles. The molecule has 3 amide bonds. The number of amides is 3. The number of nitrogens with zero attached hydrogens (tertiary/aromatic N) is 1. The van der Waals surface area contributed by atoms with Gasteiger partial charge in [0.25, 0.3) is 0 Å². The van der Waals surface area contributed by atoms with Gasteiger partial charge in [0, 0.05) is 24.8 Å². The van der Waals surface area contributed by atoms with Crippen molar-refractivity contribution in [2.75, 3.05) is 25.0 Å². The van der Waals surface area contributed by atoms with Crippen LogP contribution in [0.25, 0.3) is 0 Å². The van der Waals surface area contributed by atoms with E-state index in [1.807, 2.05) is 39.0 Å². The molecule has 1 rings (SSSR count). The quantitative estimate of drug-likeness (QED) is 0.745. The van der Waals surface area contributed by atoms with Crippen molar-refractivity contribution < 1.29 is 9.59 Å². The third-order valence-corrected chi connectivity index (χ3v) is 3.04. The van der Waals surface area contributed by atoms with E-state index >= 15 is 0 Å². The molecule has 1 aromatic rings. The summed E-state index contributed by atoms with van der Waals surface area (Å²) >= 11 is 0. The standard InChI is InChI=1S/C15H24N4O2/c1-4-17-14(20)10-19(5-2)15(21)18-13-8-6-7-12(9-13)11(3)16/h6-9,11H,4-5,10,16H2,1-3H3,(H,17,20)(H,18,21). The predicted octanol–water partition coefficient (Wildman–Crippen LogP) is 1.70.